The number of hydrogen-bond acceptors (Lipinski definition) is 1. The molecule has 2 rings (SSSR count). The summed E-state index contributed by atoms with van der Waals surface area (Å²) in [5, 5.41) is 3.25. The van der Waals surface area contributed by atoms with Crippen LogP contribution in [0.1, 0.15) is 62.6 Å². The van der Waals surface area contributed by atoms with Crippen molar-refractivity contribution >= 4 is 0 Å². The first kappa shape index (κ1) is 15.4. The van der Waals surface area contributed by atoms with Gasteiger partial charge in [-0.05, 0) is 43.9 Å². The summed E-state index contributed by atoms with van der Waals surface area (Å²) in [6.45, 7) is 4.40. The Morgan fingerprint density at radius 1 is 1.25 bits per heavy atom. The van der Waals surface area contributed by atoms with E-state index in [1.165, 1.54) is 37.8 Å². The maximum absolute atomic E-state index is 14.3. The Balaban J connectivity index is 2.12. The Hall–Kier alpha value is -0.960. The average molecular weight is 281 g/mol. The maximum Gasteiger partial charge on any atom is 0.133 e. The van der Waals surface area contributed by atoms with Crippen molar-refractivity contribution in [3.05, 3.63) is 34.9 Å². The first-order chi connectivity index (χ1) is 9.63. The zero-order chi connectivity index (χ0) is 14.5. The van der Waals surface area contributed by atoms with Crippen LogP contribution in [0.2, 0.25) is 0 Å². The molecule has 1 fully saturated rings. The fourth-order valence-corrected chi connectivity index (χ4v) is 3.29. The van der Waals surface area contributed by atoms with Crippen LogP contribution in [0, 0.1) is 24.5 Å². The monoisotopic (exact) mass is 281 g/mol. The predicted octanol–water partition coefficient (Wildman–Crippen LogP) is 4.89. The summed E-state index contributed by atoms with van der Waals surface area (Å²) >= 11 is 0. The van der Waals surface area contributed by atoms with Crippen molar-refractivity contribution in [1.82, 2.24) is 5.32 Å². The van der Waals surface area contributed by atoms with Crippen LogP contribution >= 0.6 is 0 Å². The number of nitrogens with one attached hydrogen (secondary N) is 1. The molecule has 0 radical (unpaired) electrons. The standard InChI is InChI=1S/C17H25F2N/c1-3-20-15(11-9-13-6-4-5-7-13)16-14(18)10-8-12(2)17(16)19/h8,10,13,15,20H,3-7,9,11H2,1-2H3. The van der Waals surface area contributed by atoms with Crippen molar-refractivity contribution in [2.45, 2.75) is 58.4 Å². The third-order valence-corrected chi connectivity index (χ3v) is 4.46. The molecule has 0 amide bonds. The zero-order valence-corrected chi connectivity index (χ0v) is 12.5. The van der Waals surface area contributed by atoms with Gasteiger partial charge in [0.1, 0.15) is 11.6 Å². The Labute approximate surface area is 120 Å². The predicted molar refractivity (Wildman–Crippen MR) is 78.7 cm³/mol. The molecule has 20 heavy (non-hydrogen) atoms. The van der Waals surface area contributed by atoms with Gasteiger partial charge >= 0.3 is 0 Å². The van der Waals surface area contributed by atoms with Crippen LogP contribution in [0.5, 0.6) is 0 Å². The molecule has 0 aromatic heterocycles. The number of hydrogen-bond donors (Lipinski definition) is 1. The van der Waals surface area contributed by atoms with Crippen molar-refractivity contribution in [3.8, 4) is 0 Å². The van der Waals surface area contributed by atoms with E-state index in [0.717, 1.165) is 25.3 Å². The topological polar surface area (TPSA) is 12.0 Å². The molecular formula is C17H25F2N. The number of benzene rings is 1. The van der Waals surface area contributed by atoms with Crippen molar-refractivity contribution in [1.29, 1.82) is 0 Å². The fourth-order valence-electron chi connectivity index (χ4n) is 3.29. The van der Waals surface area contributed by atoms with Crippen LogP contribution in [-0.4, -0.2) is 6.54 Å². The van der Waals surface area contributed by atoms with E-state index in [0.29, 0.717) is 5.56 Å². The summed E-state index contributed by atoms with van der Waals surface area (Å²) in [5.41, 5.74) is 0.745. The second kappa shape index (κ2) is 7.16. The summed E-state index contributed by atoms with van der Waals surface area (Å²) in [7, 11) is 0. The van der Waals surface area contributed by atoms with Gasteiger partial charge in [-0.25, -0.2) is 8.78 Å². The largest absolute Gasteiger partial charge is 0.310 e. The molecule has 1 aliphatic carbocycles. The third kappa shape index (κ3) is 3.57. The van der Waals surface area contributed by atoms with E-state index in [1.54, 1.807) is 6.92 Å². The molecule has 1 aromatic carbocycles. The van der Waals surface area contributed by atoms with Crippen molar-refractivity contribution in [2.75, 3.05) is 6.54 Å². The minimum absolute atomic E-state index is 0.208. The highest BCUT2D eigenvalue weighted by Gasteiger charge is 2.23. The van der Waals surface area contributed by atoms with Crippen molar-refractivity contribution in [3.63, 3.8) is 0 Å². The summed E-state index contributed by atoms with van der Waals surface area (Å²) in [6, 6.07) is 2.68. The second-order valence-corrected chi connectivity index (χ2v) is 5.93. The molecule has 0 saturated heterocycles. The van der Waals surface area contributed by atoms with Crippen molar-refractivity contribution < 1.29 is 8.78 Å². The summed E-state index contributed by atoms with van der Waals surface area (Å²) < 4.78 is 28.3. The van der Waals surface area contributed by atoms with E-state index in [2.05, 4.69) is 5.32 Å². The first-order valence-electron chi connectivity index (χ1n) is 7.81. The molecule has 0 spiro atoms. The molecule has 0 heterocycles. The molecule has 1 aliphatic rings. The van der Waals surface area contributed by atoms with Gasteiger partial charge in [-0.2, -0.15) is 0 Å². The lowest BCUT2D eigenvalue weighted by molar-refractivity contribution is 0.395. The van der Waals surface area contributed by atoms with E-state index in [9.17, 15) is 8.78 Å². The summed E-state index contributed by atoms with van der Waals surface area (Å²) in [4.78, 5) is 0. The highest BCUT2D eigenvalue weighted by Crippen LogP contribution is 2.33. The van der Waals surface area contributed by atoms with Gasteiger partial charge in [0.15, 0.2) is 0 Å². The van der Waals surface area contributed by atoms with Crippen LogP contribution in [0.15, 0.2) is 12.1 Å². The van der Waals surface area contributed by atoms with Gasteiger partial charge in [0.25, 0.3) is 0 Å². The Morgan fingerprint density at radius 2 is 1.95 bits per heavy atom. The molecular weight excluding hydrogens is 256 g/mol. The van der Waals surface area contributed by atoms with E-state index in [1.807, 2.05) is 6.92 Å². The van der Waals surface area contributed by atoms with Gasteiger partial charge in [-0.1, -0.05) is 38.7 Å². The van der Waals surface area contributed by atoms with Gasteiger partial charge in [0.2, 0.25) is 0 Å². The lowest BCUT2D eigenvalue weighted by Gasteiger charge is -2.22. The van der Waals surface area contributed by atoms with E-state index < -0.39 is 5.82 Å². The fraction of sp³-hybridized carbons (Fsp3) is 0.647. The smallest absolute Gasteiger partial charge is 0.133 e. The van der Waals surface area contributed by atoms with E-state index in [4.69, 9.17) is 0 Å². The quantitative estimate of drug-likeness (QED) is 0.782. The molecule has 1 saturated carbocycles. The number of halogens is 2. The maximum atomic E-state index is 14.3. The van der Waals surface area contributed by atoms with Crippen LogP contribution in [0.25, 0.3) is 0 Å². The van der Waals surface area contributed by atoms with Crippen molar-refractivity contribution in [2.24, 2.45) is 5.92 Å². The Bertz CT molecular complexity index is 439. The highest BCUT2D eigenvalue weighted by molar-refractivity contribution is 5.29. The average Bonchev–Trinajstić information content (AvgIpc) is 2.94. The molecule has 1 atom stereocenters. The molecule has 1 unspecified atom stereocenters. The lowest BCUT2D eigenvalue weighted by atomic mass is 9.93. The normalized spacial score (nSPS) is 17.6. The molecule has 0 aliphatic heterocycles. The Kier molecular flexibility index (Phi) is 5.53. The van der Waals surface area contributed by atoms with Crippen LogP contribution < -0.4 is 5.32 Å². The van der Waals surface area contributed by atoms with Gasteiger partial charge in [0, 0.05) is 11.6 Å². The minimum atomic E-state index is -0.425. The first-order valence-corrected chi connectivity index (χ1v) is 7.81. The third-order valence-electron chi connectivity index (χ3n) is 4.46. The van der Waals surface area contributed by atoms with Gasteiger partial charge in [-0.3, -0.25) is 0 Å². The SMILES string of the molecule is CCNC(CCC1CCCC1)c1c(F)ccc(C)c1F. The number of rotatable bonds is 6. The van der Waals surface area contributed by atoms with E-state index >= 15 is 0 Å². The molecule has 0 bridgehead atoms. The van der Waals surface area contributed by atoms with Gasteiger partial charge < -0.3 is 5.32 Å². The van der Waals surface area contributed by atoms with Crippen LogP contribution in [0.4, 0.5) is 8.78 Å². The summed E-state index contributed by atoms with van der Waals surface area (Å²) in [6.07, 6.45) is 7.04. The van der Waals surface area contributed by atoms with Gasteiger partial charge in [0.05, 0.1) is 0 Å². The zero-order valence-electron chi connectivity index (χ0n) is 12.5. The van der Waals surface area contributed by atoms with Gasteiger partial charge in [-0.15, -0.1) is 0 Å². The van der Waals surface area contributed by atoms with Crippen LogP contribution in [0.3, 0.4) is 0 Å². The van der Waals surface area contributed by atoms with E-state index in [-0.39, 0.29) is 17.4 Å². The lowest BCUT2D eigenvalue weighted by Crippen LogP contribution is -2.24. The molecule has 112 valence electrons. The van der Waals surface area contributed by atoms with Crippen LogP contribution in [-0.2, 0) is 0 Å². The molecule has 1 N–H and O–H groups in total. The highest BCUT2D eigenvalue weighted by atomic mass is 19.1. The molecule has 1 nitrogen and oxygen atoms in total. The second-order valence-electron chi connectivity index (χ2n) is 5.93. The molecule has 1 aromatic rings. The minimum Gasteiger partial charge on any atom is -0.310 e. The Morgan fingerprint density at radius 3 is 2.60 bits per heavy atom. The summed E-state index contributed by atoms with van der Waals surface area (Å²) in [5.74, 6) is -0.0695. The molecule has 3 heteroatoms. The number of aryl methyl sites for hydroxylation is 1.